The van der Waals surface area contributed by atoms with Gasteiger partial charge in [-0.05, 0) is 91.0 Å². The molecular formula is C39H25N3. The molecule has 0 aliphatic heterocycles. The van der Waals surface area contributed by atoms with Crippen molar-refractivity contribution in [2.75, 3.05) is 0 Å². The summed E-state index contributed by atoms with van der Waals surface area (Å²) in [7, 11) is 0. The van der Waals surface area contributed by atoms with Gasteiger partial charge in [-0.1, -0.05) is 91.0 Å². The van der Waals surface area contributed by atoms with Crippen LogP contribution in [0.25, 0.3) is 77.1 Å². The number of rotatable bonds is 4. The van der Waals surface area contributed by atoms with Crippen LogP contribution in [-0.4, -0.2) is 15.0 Å². The molecule has 0 amide bonds. The fraction of sp³-hybridized carbons (Fsp3) is 0. The Bertz CT molecular complexity index is 2180. The van der Waals surface area contributed by atoms with Crippen molar-refractivity contribution in [2.24, 2.45) is 0 Å². The second-order valence-corrected chi connectivity index (χ2v) is 10.4. The first kappa shape index (κ1) is 24.2. The zero-order valence-electron chi connectivity index (χ0n) is 22.8. The summed E-state index contributed by atoms with van der Waals surface area (Å²) in [6.07, 6.45) is 7.39. The fourth-order valence-corrected chi connectivity index (χ4v) is 6.26. The molecule has 0 saturated heterocycles. The third kappa shape index (κ3) is 3.94. The van der Waals surface area contributed by atoms with E-state index in [1.807, 2.05) is 49.1 Å². The Kier molecular flexibility index (Phi) is 5.79. The molecule has 3 nitrogen and oxygen atoms in total. The Balaban J connectivity index is 1.44. The topological polar surface area (TPSA) is 38.7 Å². The van der Waals surface area contributed by atoms with Gasteiger partial charge in [-0.25, -0.2) is 0 Å². The molecule has 5 aromatic carbocycles. The third-order valence-corrected chi connectivity index (χ3v) is 8.09. The highest BCUT2D eigenvalue weighted by Gasteiger charge is 2.19. The van der Waals surface area contributed by atoms with Crippen molar-refractivity contribution in [3.8, 4) is 44.8 Å². The van der Waals surface area contributed by atoms with E-state index >= 15 is 0 Å². The molecule has 196 valence electrons. The van der Waals surface area contributed by atoms with Gasteiger partial charge in [-0.2, -0.15) is 0 Å². The molecule has 0 bridgehead atoms. The van der Waals surface area contributed by atoms with Crippen molar-refractivity contribution >= 4 is 32.3 Å². The maximum Gasteiger partial charge on any atom is 0.0709 e. The Morgan fingerprint density at radius 2 is 0.857 bits per heavy atom. The molecule has 0 unspecified atom stereocenters. The number of aromatic nitrogens is 3. The molecule has 3 heteroatoms. The average Bonchev–Trinajstić information content (AvgIpc) is 3.07. The van der Waals surface area contributed by atoms with Gasteiger partial charge in [0, 0.05) is 35.9 Å². The van der Waals surface area contributed by atoms with Crippen LogP contribution in [0.3, 0.4) is 0 Å². The van der Waals surface area contributed by atoms with Crippen molar-refractivity contribution in [1.82, 2.24) is 15.0 Å². The first-order chi connectivity index (χ1) is 20.9. The number of pyridine rings is 3. The van der Waals surface area contributed by atoms with Crippen molar-refractivity contribution < 1.29 is 0 Å². The molecule has 0 aliphatic carbocycles. The second kappa shape index (κ2) is 10.1. The summed E-state index contributed by atoms with van der Waals surface area (Å²) in [6.45, 7) is 0. The van der Waals surface area contributed by atoms with Crippen molar-refractivity contribution in [2.45, 2.75) is 0 Å². The highest BCUT2D eigenvalue weighted by Crippen LogP contribution is 2.46. The molecule has 0 N–H and O–H groups in total. The number of hydrogen-bond donors (Lipinski definition) is 0. The summed E-state index contributed by atoms with van der Waals surface area (Å²) in [5.41, 5.74) is 8.94. The molecule has 3 aromatic heterocycles. The summed E-state index contributed by atoms with van der Waals surface area (Å²) in [6, 6.07) is 45.2. The monoisotopic (exact) mass is 535 g/mol. The van der Waals surface area contributed by atoms with Gasteiger partial charge in [-0.15, -0.1) is 0 Å². The number of benzene rings is 5. The van der Waals surface area contributed by atoms with Crippen LogP contribution in [0, 0.1) is 0 Å². The van der Waals surface area contributed by atoms with Gasteiger partial charge in [0.05, 0.1) is 11.4 Å². The largest absolute Gasteiger partial charge is 0.265 e. The van der Waals surface area contributed by atoms with Crippen LogP contribution < -0.4 is 0 Å². The van der Waals surface area contributed by atoms with E-state index in [2.05, 4.69) is 113 Å². The Morgan fingerprint density at radius 3 is 1.50 bits per heavy atom. The molecule has 0 aliphatic rings. The summed E-state index contributed by atoms with van der Waals surface area (Å²) >= 11 is 0. The Morgan fingerprint density at radius 1 is 0.333 bits per heavy atom. The van der Waals surface area contributed by atoms with Crippen LogP contribution in [0.5, 0.6) is 0 Å². The molecular weight excluding hydrogens is 510 g/mol. The van der Waals surface area contributed by atoms with E-state index in [9.17, 15) is 0 Å². The maximum atomic E-state index is 4.69. The van der Waals surface area contributed by atoms with Gasteiger partial charge in [0.15, 0.2) is 0 Å². The van der Waals surface area contributed by atoms with Gasteiger partial charge in [-0.3, -0.25) is 15.0 Å². The molecule has 0 saturated carbocycles. The number of hydrogen-bond acceptors (Lipinski definition) is 3. The van der Waals surface area contributed by atoms with Crippen LogP contribution in [0.1, 0.15) is 0 Å². The molecule has 8 aromatic rings. The normalized spacial score (nSPS) is 11.3. The number of fused-ring (bicyclic) bond motifs is 3. The minimum absolute atomic E-state index is 0.934. The van der Waals surface area contributed by atoms with Crippen LogP contribution in [0.15, 0.2) is 152 Å². The van der Waals surface area contributed by atoms with Gasteiger partial charge in [0.2, 0.25) is 0 Å². The first-order valence-electron chi connectivity index (χ1n) is 14.1. The van der Waals surface area contributed by atoms with Crippen molar-refractivity contribution in [3.05, 3.63) is 152 Å². The smallest absolute Gasteiger partial charge is 0.0709 e. The van der Waals surface area contributed by atoms with Crippen molar-refractivity contribution in [1.29, 1.82) is 0 Å². The highest BCUT2D eigenvalue weighted by atomic mass is 14.7. The summed E-state index contributed by atoms with van der Waals surface area (Å²) in [5, 5.41) is 7.30. The Hall–Kier alpha value is -5.67. The lowest BCUT2D eigenvalue weighted by Crippen LogP contribution is -1.93. The molecule has 0 radical (unpaired) electrons. The zero-order valence-corrected chi connectivity index (χ0v) is 22.8. The lowest BCUT2D eigenvalue weighted by molar-refractivity contribution is 1.29. The van der Waals surface area contributed by atoms with Gasteiger partial charge < -0.3 is 0 Å². The summed E-state index contributed by atoms with van der Waals surface area (Å²) < 4.78 is 0. The lowest BCUT2D eigenvalue weighted by atomic mass is 9.84. The summed E-state index contributed by atoms with van der Waals surface area (Å²) in [4.78, 5) is 13.5. The standard InChI is InChI=1S/C39H25N3/c1-2-10-29-28(9-1)30(36-15-7-8-21-41-36)16-17-35(29)39-33-13-5-3-11-31(33)38(32-12-4-6-14-34(32)39)27-20-24-42-37(25-27)26-18-22-40-23-19-26/h1-25H. The van der Waals surface area contributed by atoms with Crippen LogP contribution in [0.4, 0.5) is 0 Å². The summed E-state index contributed by atoms with van der Waals surface area (Å²) in [5.74, 6) is 0. The minimum atomic E-state index is 0.934. The predicted molar refractivity (Wildman–Crippen MR) is 174 cm³/mol. The lowest BCUT2D eigenvalue weighted by Gasteiger charge is -2.19. The van der Waals surface area contributed by atoms with Gasteiger partial charge in [0.25, 0.3) is 0 Å². The van der Waals surface area contributed by atoms with Crippen LogP contribution >= 0.6 is 0 Å². The van der Waals surface area contributed by atoms with Crippen molar-refractivity contribution in [3.63, 3.8) is 0 Å². The number of nitrogens with zero attached hydrogens (tertiary/aromatic N) is 3. The van der Waals surface area contributed by atoms with E-state index in [0.29, 0.717) is 0 Å². The Labute approximate surface area is 243 Å². The second-order valence-electron chi connectivity index (χ2n) is 10.4. The first-order valence-corrected chi connectivity index (χ1v) is 14.1. The average molecular weight is 536 g/mol. The SMILES string of the molecule is c1ccc(-c2ccc(-c3c4ccccc4c(-c4ccnc(-c5ccncc5)c4)c4ccccc34)c3ccccc23)nc1. The molecule has 42 heavy (non-hydrogen) atoms. The van der Waals surface area contributed by atoms with E-state index in [1.165, 1.54) is 49.0 Å². The zero-order chi connectivity index (χ0) is 27.9. The quantitative estimate of drug-likeness (QED) is 0.211. The van der Waals surface area contributed by atoms with E-state index in [-0.39, 0.29) is 0 Å². The van der Waals surface area contributed by atoms with Gasteiger partial charge >= 0.3 is 0 Å². The van der Waals surface area contributed by atoms with Gasteiger partial charge in [0.1, 0.15) is 0 Å². The molecule has 0 fully saturated rings. The van der Waals surface area contributed by atoms with E-state index in [1.54, 1.807) is 0 Å². The van der Waals surface area contributed by atoms with E-state index < -0.39 is 0 Å². The predicted octanol–water partition coefficient (Wildman–Crippen LogP) is 10.00. The molecule has 0 spiro atoms. The molecule has 0 atom stereocenters. The minimum Gasteiger partial charge on any atom is -0.265 e. The van der Waals surface area contributed by atoms with E-state index in [0.717, 1.165) is 28.1 Å². The maximum absolute atomic E-state index is 4.69. The molecule has 3 heterocycles. The fourth-order valence-electron chi connectivity index (χ4n) is 6.26. The van der Waals surface area contributed by atoms with E-state index in [4.69, 9.17) is 4.98 Å². The third-order valence-electron chi connectivity index (χ3n) is 8.09. The molecule has 8 rings (SSSR count). The highest BCUT2D eigenvalue weighted by molar-refractivity contribution is 6.24. The van der Waals surface area contributed by atoms with Crippen LogP contribution in [0.2, 0.25) is 0 Å². The van der Waals surface area contributed by atoms with Crippen LogP contribution in [-0.2, 0) is 0 Å².